The number of benzene rings is 2. The van der Waals surface area contributed by atoms with Crippen LogP contribution in [0.1, 0.15) is 30.6 Å². The maximum Gasteiger partial charge on any atom is 0.319 e. The number of carbonyl (C=O) groups is 3. The topological polar surface area (TPSA) is 69.7 Å². The van der Waals surface area contributed by atoms with Crippen molar-refractivity contribution in [1.82, 2.24) is 0 Å². The van der Waals surface area contributed by atoms with Gasteiger partial charge in [0.15, 0.2) is 10.9 Å². The van der Waals surface area contributed by atoms with Gasteiger partial charge < -0.3 is 9.47 Å². The molecule has 5 nitrogen and oxygen atoms in total. The molecule has 0 N–H and O–H groups in total. The number of halogens is 2. The zero-order valence-corrected chi connectivity index (χ0v) is 17.6. The van der Waals surface area contributed by atoms with Crippen LogP contribution in [0.2, 0.25) is 10.0 Å². The summed E-state index contributed by atoms with van der Waals surface area (Å²) in [5.41, 5.74) is 0.403. The van der Waals surface area contributed by atoms with Crippen LogP contribution in [0.15, 0.2) is 42.5 Å². The van der Waals surface area contributed by atoms with Gasteiger partial charge in [-0.3, -0.25) is 14.4 Å². The lowest BCUT2D eigenvalue weighted by atomic mass is 10.1. The lowest BCUT2D eigenvalue weighted by molar-refractivity contribution is -0.142. The summed E-state index contributed by atoms with van der Waals surface area (Å²) in [5.74, 6) is 0.173. The van der Waals surface area contributed by atoms with Gasteiger partial charge >= 0.3 is 5.97 Å². The number of thioether (sulfide) groups is 1. The molecule has 0 spiro atoms. The SMILES string of the molecule is CCOC(=O)C(CC(=O)c1ccc(Oc2ccc(Cl)c(Cl)c2)cc1)SC(C)=O. The second kappa shape index (κ2) is 10.5. The van der Waals surface area contributed by atoms with Gasteiger partial charge in [0.05, 0.1) is 16.7 Å². The Labute approximate surface area is 177 Å². The van der Waals surface area contributed by atoms with E-state index >= 15 is 0 Å². The molecule has 1 unspecified atom stereocenters. The van der Waals surface area contributed by atoms with Gasteiger partial charge in [-0.25, -0.2) is 0 Å². The molecule has 8 heteroatoms. The summed E-state index contributed by atoms with van der Waals surface area (Å²) >= 11 is 12.6. The molecule has 0 aromatic heterocycles. The molecule has 0 saturated heterocycles. The van der Waals surface area contributed by atoms with Gasteiger partial charge in [-0.15, -0.1) is 0 Å². The highest BCUT2D eigenvalue weighted by Gasteiger charge is 2.26. The molecule has 0 fully saturated rings. The maximum atomic E-state index is 12.5. The molecule has 28 heavy (non-hydrogen) atoms. The molecular formula is C20H18Cl2O5S. The van der Waals surface area contributed by atoms with Crippen LogP contribution >= 0.6 is 35.0 Å². The Morgan fingerprint density at radius 3 is 2.21 bits per heavy atom. The van der Waals surface area contributed by atoms with Gasteiger partial charge in [0.2, 0.25) is 0 Å². The zero-order valence-electron chi connectivity index (χ0n) is 15.2. The molecule has 0 aliphatic heterocycles. The third-order valence-electron chi connectivity index (χ3n) is 3.53. The van der Waals surface area contributed by atoms with Crippen molar-refractivity contribution in [1.29, 1.82) is 0 Å². The Balaban J connectivity index is 2.06. The molecule has 1 atom stereocenters. The number of Topliss-reactive ketones (excluding diaryl/α,β-unsaturated/α-hetero) is 1. The number of rotatable bonds is 8. The highest BCUT2D eigenvalue weighted by atomic mass is 35.5. The average molecular weight is 441 g/mol. The second-order valence-corrected chi connectivity index (χ2v) is 7.87. The fourth-order valence-electron chi connectivity index (χ4n) is 2.28. The van der Waals surface area contributed by atoms with Gasteiger partial charge in [0, 0.05) is 25.0 Å². The smallest absolute Gasteiger partial charge is 0.319 e. The van der Waals surface area contributed by atoms with Crippen LogP contribution in [-0.2, 0) is 14.3 Å². The summed E-state index contributed by atoms with van der Waals surface area (Å²) in [5, 5.41) is -0.318. The van der Waals surface area contributed by atoms with Gasteiger partial charge in [-0.1, -0.05) is 35.0 Å². The lowest BCUT2D eigenvalue weighted by Gasteiger charge is -2.13. The van der Waals surface area contributed by atoms with E-state index in [0.717, 1.165) is 11.8 Å². The van der Waals surface area contributed by atoms with Crippen molar-refractivity contribution in [3.63, 3.8) is 0 Å². The Morgan fingerprint density at radius 2 is 1.64 bits per heavy atom. The standard InChI is InChI=1S/C20H18Cl2O5S/c1-3-26-20(25)19(28-12(2)23)11-18(24)13-4-6-14(7-5-13)27-15-8-9-16(21)17(22)10-15/h4-10,19H,3,11H2,1-2H3. The monoisotopic (exact) mass is 440 g/mol. The summed E-state index contributed by atoms with van der Waals surface area (Å²) < 4.78 is 10.6. The molecule has 0 radical (unpaired) electrons. The van der Waals surface area contributed by atoms with Gasteiger partial charge in [-0.2, -0.15) is 0 Å². The Hall–Kier alpha value is -2.02. The number of ketones is 1. The number of esters is 1. The fourth-order valence-corrected chi connectivity index (χ4v) is 3.37. The van der Waals surface area contributed by atoms with Crippen LogP contribution in [0.4, 0.5) is 0 Å². The molecule has 2 aromatic carbocycles. The summed E-state index contributed by atoms with van der Waals surface area (Å²) in [6.07, 6.45) is -0.129. The first-order valence-electron chi connectivity index (χ1n) is 8.40. The van der Waals surface area contributed by atoms with E-state index in [0.29, 0.717) is 27.1 Å². The summed E-state index contributed by atoms with van der Waals surface area (Å²) in [4.78, 5) is 35.8. The van der Waals surface area contributed by atoms with E-state index in [2.05, 4.69) is 0 Å². The van der Waals surface area contributed by atoms with E-state index in [1.54, 1.807) is 49.4 Å². The fraction of sp³-hybridized carbons (Fsp3) is 0.250. The predicted octanol–water partition coefficient (Wildman–Crippen LogP) is 5.57. The Bertz CT molecular complexity index is 867. The summed E-state index contributed by atoms with van der Waals surface area (Å²) in [7, 11) is 0. The average Bonchev–Trinajstić information content (AvgIpc) is 2.64. The largest absolute Gasteiger partial charge is 0.465 e. The van der Waals surface area contributed by atoms with Crippen LogP contribution < -0.4 is 4.74 Å². The van der Waals surface area contributed by atoms with Crippen molar-refractivity contribution in [2.45, 2.75) is 25.5 Å². The third kappa shape index (κ3) is 6.55. The quantitative estimate of drug-likeness (QED) is 0.394. The number of ether oxygens (including phenoxy) is 2. The first kappa shape index (κ1) is 22.3. The minimum absolute atomic E-state index is 0.129. The summed E-state index contributed by atoms with van der Waals surface area (Å²) in [6, 6.07) is 11.3. The third-order valence-corrected chi connectivity index (χ3v) is 5.25. The number of carbonyl (C=O) groups excluding carboxylic acids is 3. The molecule has 2 rings (SSSR count). The van der Waals surface area contributed by atoms with Crippen molar-refractivity contribution < 1.29 is 23.9 Å². The molecule has 0 amide bonds. The van der Waals surface area contributed by atoms with E-state index in [4.69, 9.17) is 32.7 Å². The molecule has 148 valence electrons. The van der Waals surface area contributed by atoms with E-state index in [-0.39, 0.29) is 23.9 Å². The van der Waals surface area contributed by atoms with Crippen LogP contribution in [0.3, 0.4) is 0 Å². The summed E-state index contributed by atoms with van der Waals surface area (Å²) in [6.45, 7) is 3.20. The van der Waals surface area contributed by atoms with Crippen molar-refractivity contribution in [2.75, 3.05) is 6.61 Å². The number of hydrogen-bond donors (Lipinski definition) is 0. The lowest BCUT2D eigenvalue weighted by Crippen LogP contribution is -2.24. The minimum atomic E-state index is -0.864. The molecule has 0 heterocycles. The van der Waals surface area contributed by atoms with Crippen molar-refractivity contribution in [3.05, 3.63) is 58.1 Å². The van der Waals surface area contributed by atoms with Crippen LogP contribution in [0.25, 0.3) is 0 Å². The molecule has 0 saturated carbocycles. The molecule has 2 aromatic rings. The molecule has 0 aliphatic carbocycles. The van der Waals surface area contributed by atoms with E-state index in [1.807, 2.05) is 0 Å². The second-order valence-electron chi connectivity index (χ2n) is 5.68. The van der Waals surface area contributed by atoms with Gasteiger partial charge in [0.1, 0.15) is 16.7 Å². The van der Waals surface area contributed by atoms with Crippen molar-refractivity contribution in [2.24, 2.45) is 0 Å². The highest BCUT2D eigenvalue weighted by molar-refractivity contribution is 8.14. The minimum Gasteiger partial charge on any atom is -0.465 e. The zero-order chi connectivity index (χ0) is 20.7. The van der Waals surface area contributed by atoms with E-state index in [9.17, 15) is 14.4 Å². The van der Waals surface area contributed by atoms with Crippen molar-refractivity contribution >= 4 is 51.8 Å². The molecule has 0 bridgehead atoms. The molecular weight excluding hydrogens is 423 g/mol. The van der Waals surface area contributed by atoms with Crippen LogP contribution in [0.5, 0.6) is 11.5 Å². The predicted molar refractivity (Wildman–Crippen MR) is 111 cm³/mol. The molecule has 0 aliphatic rings. The van der Waals surface area contributed by atoms with Crippen molar-refractivity contribution in [3.8, 4) is 11.5 Å². The first-order valence-corrected chi connectivity index (χ1v) is 10.0. The highest BCUT2D eigenvalue weighted by Crippen LogP contribution is 2.29. The van der Waals surface area contributed by atoms with E-state index < -0.39 is 11.2 Å². The Kier molecular flexibility index (Phi) is 8.35. The normalized spacial score (nSPS) is 11.6. The Morgan fingerprint density at radius 1 is 1.00 bits per heavy atom. The number of hydrogen-bond acceptors (Lipinski definition) is 6. The first-order chi connectivity index (χ1) is 13.3. The van der Waals surface area contributed by atoms with Crippen LogP contribution in [-0.4, -0.2) is 28.7 Å². The van der Waals surface area contributed by atoms with Gasteiger partial charge in [0.25, 0.3) is 0 Å². The van der Waals surface area contributed by atoms with Crippen LogP contribution in [0, 0.1) is 0 Å². The maximum absolute atomic E-state index is 12.5. The van der Waals surface area contributed by atoms with E-state index in [1.165, 1.54) is 6.92 Å². The van der Waals surface area contributed by atoms with Gasteiger partial charge in [-0.05, 0) is 43.3 Å².